The van der Waals surface area contributed by atoms with Crippen LogP contribution in [-0.4, -0.2) is 40.3 Å². The Morgan fingerprint density at radius 3 is 2.96 bits per heavy atom. The molecule has 0 saturated carbocycles. The Labute approximate surface area is 153 Å². The van der Waals surface area contributed by atoms with Gasteiger partial charge in [0.2, 0.25) is 0 Å². The van der Waals surface area contributed by atoms with Gasteiger partial charge in [-0.25, -0.2) is 9.97 Å². The molecule has 4 rings (SSSR count). The van der Waals surface area contributed by atoms with Crippen molar-refractivity contribution in [2.45, 2.75) is 26.4 Å². The van der Waals surface area contributed by atoms with Crippen LogP contribution in [-0.2, 0) is 11.8 Å². The molecule has 3 heterocycles. The maximum absolute atomic E-state index is 5.76. The van der Waals surface area contributed by atoms with Crippen molar-refractivity contribution >= 4 is 28.2 Å². The molecule has 1 atom stereocenters. The summed E-state index contributed by atoms with van der Waals surface area (Å²) in [5.41, 5.74) is 5.14. The van der Waals surface area contributed by atoms with Gasteiger partial charge in [0.15, 0.2) is 0 Å². The van der Waals surface area contributed by atoms with Crippen molar-refractivity contribution in [1.29, 1.82) is 0 Å². The molecule has 1 fully saturated rings. The minimum atomic E-state index is 0.300. The third-order valence-electron chi connectivity index (χ3n) is 4.99. The van der Waals surface area contributed by atoms with Gasteiger partial charge in [-0.1, -0.05) is 6.92 Å². The summed E-state index contributed by atoms with van der Waals surface area (Å²) >= 11 is 0. The summed E-state index contributed by atoms with van der Waals surface area (Å²) in [6.45, 7) is 6.78. The quantitative estimate of drug-likeness (QED) is 0.778. The number of hydrogen-bond donors (Lipinski definition) is 1. The molecule has 136 valence electrons. The maximum atomic E-state index is 5.76. The Balaban J connectivity index is 1.53. The van der Waals surface area contributed by atoms with Crippen molar-refractivity contribution in [3.05, 3.63) is 42.4 Å². The van der Waals surface area contributed by atoms with Gasteiger partial charge in [0, 0.05) is 25.8 Å². The normalized spacial score (nSPS) is 17.7. The smallest absolute Gasteiger partial charge is 0.129 e. The molecular formula is C20H25N5O. The molecule has 1 aliphatic heterocycles. The molecule has 0 radical (unpaired) electrons. The Hall–Kier alpha value is -2.60. The third kappa shape index (κ3) is 3.24. The van der Waals surface area contributed by atoms with E-state index in [0.717, 1.165) is 60.0 Å². The summed E-state index contributed by atoms with van der Waals surface area (Å²) < 4.78 is 7.78. The molecule has 1 N–H and O–H groups in total. The van der Waals surface area contributed by atoms with E-state index in [1.165, 1.54) is 0 Å². The monoisotopic (exact) mass is 351 g/mol. The average molecular weight is 351 g/mol. The predicted molar refractivity (Wildman–Crippen MR) is 105 cm³/mol. The van der Waals surface area contributed by atoms with Crippen LogP contribution < -0.4 is 10.2 Å². The number of aryl methyl sites for hydroxylation is 2. The number of rotatable bonds is 4. The van der Waals surface area contributed by atoms with Gasteiger partial charge in [-0.3, -0.25) is 0 Å². The van der Waals surface area contributed by atoms with Crippen LogP contribution in [0.25, 0.3) is 11.0 Å². The van der Waals surface area contributed by atoms with Crippen LogP contribution in [0.1, 0.15) is 19.0 Å². The highest BCUT2D eigenvalue weighted by Crippen LogP contribution is 2.25. The first-order valence-corrected chi connectivity index (χ1v) is 9.16. The average Bonchev–Trinajstić information content (AvgIpc) is 3.04. The molecule has 3 aromatic rings. The molecule has 1 aromatic carbocycles. The van der Waals surface area contributed by atoms with Crippen molar-refractivity contribution in [2.75, 3.05) is 29.9 Å². The topological polar surface area (TPSA) is 55.2 Å². The van der Waals surface area contributed by atoms with E-state index in [0.29, 0.717) is 6.10 Å². The van der Waals surface area contributed by atoms with E-state index in [-0.39, 0.29) is 0 Å². The van der Waals surface area contributed by atoms with Gasteiger partial charge < -0.3 is 19.5 Å². The SMILES string of the molecule is CCC1CN(c2ccc(Nc3ccc4c(c3)ncn4C)c(C)n2)CCO1. The number of morpholine rings is 1. The minimum absolute atomic E-state index is 0.300. The zero-order chi connectivity index (χ0) is 18.1. The van der Waals surface area contributed by atoms with Gasteiger partial charge >= 0.3 is 0 Å². The third-order valence-corrected chi connectivity index (χ3v) is 4.99. The molecule has 1 saturated heterocycles. The molecule has 6 nitrogen and oxygen atoms in total. The van der Waals surface area contributed by atoms with Gasteiger partial charge in [-0.15, -0.1) is 0 Å². The van der Waals surface area contributed by atoms with Crippen molar-refractivity contribution in [3.63, 3.8) is 0 Å². The molecule has 0 amide bonds. The second-order valence-corrected chi connectivity index (χ2v) is 6.83. The first kappa shape index (κ1) is 16.8. The predicted octanol–water partition coefficient (Wildman–Crippen LogP) is 3.64. The van der Waals surface area contributed by atoms with Crippen LogP contribution in [0.15, 0.2) is 36.7 Å². The number of anilines is 3. The lowest BCUT2D eigenvalue weighted by Gasteiger charge is -2.33. The number of fused-ring (bicyclic) bond motifs is 1. The van der Waals surface area contributed by atoms with Gasteiger partial charge in [0.05, 0.1) is 41.5 Å². The number of nitrogens with one attached hydrogen (secondary N) is 1. The highest BCUT2D eigenvalue weighted by molar-refractivity contribution is 5.81. The van der Waals surface area contributed by atoms with Crippen LogP contribution in [0.5, 0.6) is 0 Å². The van der Waals surface area contributed by atoms with Crippen molar-refractivity contribution < 1.29 is 4.74 Å². The molecule has 26 heavy (non-hydrogen) atoms. The fourth-order valence-electron chi connectivity index (χ4n) is 3.40. The van der Waals surface area contributed by atoms with E-state index >= 15 is 0 Å². The van der Waals surface area contributed by atoms with E-state index in [1.807, 2.05) is 24.9 Å². The zero-order valence-corrected chi connectivity index (χ0v) is 15.6. The summed E-state index contributed by atoms with van der Waals surface area (Å²) in [6, 6.07) is 10.4. The number of aromatic nitrogens is 3. The summed E-state index contributed by atoms with van der Waals surface area (Å²) in [6.07, 6.45) is 3.17. The van der Waals surface area contributed by atoms with Crippen molar-refractivity contribution in [2.24, 2.45) is 7.05 Å². The minimum Gasteiger partial charge on any atom is -0.375 e. The molecular weight excluding hydrogens is 326 g/mol. The van der Waals surface area contributed by atoms with Gasteiger partial charge in [0.25, 0.3) is 0 Å². The number of hydrogen-bond acceptors (Lipinski definition) is 5. The molecule has 0 bridgehead atoms. The van der Waals surface area contributed by atoms with Crippen LogP contribution in [0.4, 0.5) is 17.2 Å². The van der Waals surface area contributed by atoms with Gasteiger partial charge in [-0.2, -0.15) is 0 Å². The summed E-state index contributed by atoms with van der Waals surface area (Å²) in [5, 5.41) is 3.47. The van der Waals surface area contributed by atoms with E-state index in [4.69, 9.17) is 9.72 Å². The van der Waals surface area contributed by atoms with Crippen LogP contribution in [0, 0.1) is 6.92 Å². The molecule has 2 aromatic heterocycles. The van der Waals surface area contributed by atoms with Crippen LogP contribution >= 0.6 is 0 Å². The van der Waals surface area contributed by atoms with E-state index in [2.05, 4.69) is 52.5 Å². The summed E-state index contributed by atoms with van der Waals surface area (Å²) in [5.74, 6) is 1.02. The Bertz CT molecular complexity index is 920. The molecule has 1 aliphatic rings. The number of benzene rings is 1. The Kier molecular flexibility index (Phi) is 4.51. The first-order valence-electron chi connectivity index (χ1n) is 9.16. The fourth-order valence-corrected chi connectivity index (χ4v) is 3.40. The van der Waals surface area contributed by atoms with Crippen LogP contribution in [0.3, 0.4) is 0 Å². The second-order valence-electron chi connectivity index (χ2n) is 6.83. The van der Waals surface area contributed by atoms with E-state index < -0.39 is 0 Å². The van der Waals surface area contributed by atoms with E-state index in [9.17, 15) is 0 Å². The van der Waals surface area contributed by atoms with Crippen LogP contribution in [0.2, 0.25) is 0 Å². The second kappa shape index (κ2) is 6.96. The summed E-state index contributed by atoms with van der Waals surface area (Å²) in [4.78, 5) is 11.6. The lowest BCUT2D eigenvalue weighted by atomic mass is 10.2. The summed E-state index contributed by atoms with van der Waals surface area (Å²) in [7, 11) is 2.00. The number of pyridine rings is 1. The molecule has 1 unspecified atom stereocenters. The number of nitrogens with zero attached hydrogens (tertiary/aromatic N) is 4. The van der Waals surface area contributed by atoms with Crippen molar-refractivity contribution in [3.8, 4) is 0 Å². The van der Waals surface area contributed by atoms with E-state index in [1.54, 1.807) is 0 Å². The first-order chi connectivity index (χ1) is 12.6. The molecule has 0 aliphatic carbocycles. The number of ether oxygens (including phenoxy) is 1. The highest BCUT2D eigenvalue weighted by Gasteiger charge is 2.20. The largest absolute Gasteiger partial charge is 0.375 e. The number of imidazole rings is 1. The Morgan fingerprint density at radius 2 is 2.15 bits per heavy atom. The lowest BCUT2D eigenvalue weighted by Crippen LogP contribution is -2.42. The standard InChI is InChI=1S/C20H25N5O/c1-4-16-12-25(9-10-26-16)20-8-6-17(14(2)22-20)23-15-5-7-19-18(11-15)21-13-24(19)3/h5-8,11,13,16,23H,4,9-10,12H2,1-3H3. The maximum Gasteiger partial charge on any atom is 0.129 e. The molecule has 0 spiro atoms. The lowest BCUT2D eigenvalue weighted by molar-refractivity contribution is 0.0381. The van der Waals surface area contributed by atoms with Gasteiger partial charge in [0.1, 0.15) is 5.82 Å². The fraction of sp³-hybridized carbons (Fsp3) is 0.400. The highest BCUT2D eigenvalue weighted by atomic mass is 16.5. The van der Waals surface area contributed by atoms with Gasteiger partial charge in [-0.05, 0) is 43.7 Å². The van der Waals surface area contributed by atoms with Crippen molar-refractivity contribution in [1.82, 2.24) is 14.5 Å². The zero-order valence-electron chi connectivity index (χ0n) is 15.6. The Morgan fingerprint density at radius 1 is 1.27 bits per heavy atom. The molecule has 6 heteroatoms.